The Bertz CT molecular complexity index is 1220. The second kappa shape index (κ2) is 9.72. The highest BCUT2D eigenvalue weighted by Gasteiger charge is 2.38. The van der Waals surface area contributed by atoms with Crippen LogP contribution in [0.25, 0.3) is 0 Å². The highest BCUT2D eigenvalue weighted by molar-refractivity contribution is 6.30. The van der Waals surface area contributed by atoms with Gasteiger partial charge in [-0.1, -0.05) is 29.8 Å². The van der Waals surface area contributed by atoms with Crippen LogP contribution < -0.4 is 14.5 Å². The number of benzene rings is 3. The first kappa shape index (κ1) is 23.4. The standard InChI is InChI=1S/C28H27ClN2O4/c1-18-15-27(31(19(2)32)22-11-9-21(29)10-12-22)25-5-3-4-6-26(25)30(18)28(33)20-7-13-23(14-8-20)34-16-24-17-35-24/h3-14,18,24,27H,15-17H2,1-2H3/t18-,24?,27+/m0/s1. The zero-order chi connectivity index (χ0) is 24.5. The number of carbonyl (C=O) groups excluding carboxylic acids is 2. The molecule has 0 N–H and O–H groups in total. The number of hydrogen-bond acceptors (Lipinski definition) is 4. The van der Waals surface area contributed by atoms with Crippen molar-refractivity contribution < 1.29 is 19.1 Å². The second-order valence-corrected chi connectivity index (χ2v) is 9.43. The monoisotopic (exact) mass is 490 g/mol. The van der Waals surface area contributed by atoms with Crippen LogP contribution in [0.1, 0.15) is 42.2 Å². The van der Waals surface area contributed by atoms with E-state index in [1.165, 1.54) is 0 Å². The Kier molecular flexibility index (Phi) is 6.50. The van der Waals surface area contributed by atoms with Gasteiger partial charge in [0.15, 0.2) is 0 Å². The molecule has 1 unspecified atom stereocenters. The molecule has 2 aliphatic rings. The van der Waals surface area contributed by atoms with Crippen LogP contribution in [0.3, 0.4) is 0 Å². The molecule has 7 heteroatoms. The van der Waals surface area contributed by atoms with E-state index in [1.807, 2.05) is 60.4 Å². The zero-order valence-electron chi connectivity index (χ0n) is 19.7. The van der Waals surface area contributed by atoms with Gasteiger partial charge in [-0.25, -0.2) is 0 Å². The van der Waals surface area contributed by atoms with E-state index >= 15 is 0 Å². The van der Waals surface area contributed by atoms with E-state index in [4.69, 9.17) is 21.1 Å². The molecule has 2 heterocycles. The highest BCUT2D eigenvalue weighted by atomic mass is 35.5. The van der Waals surface area contributed by atoms with Crippen molar-refractivity contribution in [3.63, 3.8) is 0 Å². The first-order valence-corrected chi connectivity index (χ1v) is 12.1. The number of halogens is 1. The summed E-state index contributed by atoms with van der Waals surface area (Å²) in [5.74, 6) is 0.567. The van der Waals surface area contributed by atoms with E-state index in [9.17, 15) is 9.59 Å². The first-order valence-electron chi connectivity index (χ1n) is 11.7. The summed E-state index contributed by atoms with van der Waals surface area (Å²) in [5, 5.41) is 0.615. The average Bonchev–Trinajstić information content (AvgIpc) is 3.69. The van der Waals surface area contributed by atoms with Crippen LogP contribution in [0, 0.1) is 0 Å². The molecular formula is C28H27ClN2O4. The summed E-state index contributed by atoms with van der Waals surface area (Å²) in [6, 6.07) is 22.0. The minimum atomic E-state index is -0.204. The lowest BCUT2D eigenvalue weighted by Crippen LogP contribution is -2.47. The lowest BCUT2D eigenvalue weighted by molar-refractivity contribution is -0.117. The van der Waals surface area contributed by atoms with E-state index in [0.717, 1.165) is 23.5 Å². The molecule has 180 valence electrons. The van der Waals surface area contributed by atoms with Crippen molar-refractivity contribution in [2.45, 2.75) is 38.5 Å². The quantitative estimate of drug-likeness (QED) is 0.419. The number of fused-ring (bicyclic) bond motifs is 1. The molecular weight excluding hydrogens is 464 g/mol. The van der Waals surface area contributed by atoms with E-state index in [2.05, 4.69) is 0 Å². The molecule has 3 aromatic rings. The summed E-state index contributed by atoms with van der Waals surface area (Å²) in [7, 11) is 0. The van der Waals surface area contributed by atoms with E-state index in [1.54, 1.807) is 36.1 Å². The molecule has 2 aliphatic heterocycles. The minimum Gasteiger partial charge on any atom is -0.491 e. The minimum absolute atomic E-state index is 0.0636. The van der Waals surface area contributed by atoms with Crippen molar-refractivity contribution >= 4 is 34.8 Å². The molecule has 0 radical (unpaired) electrons. The van der Waals surface area contributed by atoms with E-state index in [0.29, 0.717) is 29.4 Å². The predicted octanol–water partition coefficient (Wildman–Crippen LogP) is 5.65. The molecule has 0 aliphatic carbocycles. The second-order valence-electron chi connectivity index (χ2n) is 8.99. The lowest BCUT2D eigenvalue weighted by Gasteiger charge is -2.43. The van der Waals surface area contributed by atoms with Crippen LogP contribution in [0.5, 0.6) is 5.75 Å². The summed E-state index contributed by atoms with van der Waals surface area (Å²) in [6.45, 7) is 4.85. The van der Waals surface area contributed by atoms with Gasteiger partial charge in [0.25, 0.3) is 5.91 Å². The van der Waals surface area contributed by atoms with Crippen LogP contribution in [0.2, 0.25) is 5.02 Å². The van der Waals surface area contributed by atoms with Gasteiger partial charge >= 0.3 is 0 Å². The van der Waals surface area contributed by atoms with Crippen molar-refractivity contribution in [1.29, 1.82) is 0 Å². The Morgan fingerprint density at radius 1 is 1.06 bits per heavy atom. The largest absolute Gasteiger partial charge is 0.491 e. The van der Waals surface area contributed by atoms with Crippen molar-refractivity contribution in [2.75, 3.05) is 23.0 Å². The summed E-state index contributed by atoms with van der Waals surface area (Å²) < 4.78 is 10.9. The number of para-hydroxylation sites is 1. The number of rotatable bonds is 6. The average molecular weight is 491 g/mol. The number of ether oxygens (including phenoxy) is 2. The maximum absolute atomic E-state index is 13.6. The molecule has 35 heavy (non-hydrogen) atoms. The van der Waals surface area contributed by atoms with Gasteiger partial charge in [-0.2, -0.15) is 0 Å². The Balaban J connectivity index is 1.44. The lowest BCUT2D eigenvalue weighted by atomic mass is 9.89. The Hall–Kier alpha value is -3.35. The topological polar surface area (TPSA) is 62.4 Å². The molecule has 6 nitrogen and oxygen atoms in total. The summed E-state index contributed by atoms with van der Waals surface area (Å²) in [6.07, 6.45) is 0.783. The third-order valence-electron chi connectivity index (χ3n) is 6.47. The van der Waals surface area contributed by atoms with Crippen LogP contribution in [0.15, 0.2) is 72.8 Å². The number of anilines is 2. The van der Waals surface area contributed by atoms with Crippen molar-refractivity contribution in [2.24, 2.45) is 0 Å². The fraction of sp³-hybridized carbons (Fsp3) is 0.286. The third-order valence-corrected chi connectivity index (χ3v) is 6.73. The Labute approximate surface area is 210 Å². The van der Waals surface area contributed by atoms with E-state index < -0.39 is 0 Å². The molecule has 0 saturated carbocycles. The van der Waals surface area contributed by atoms with Gasteiger partial charge in [0.2, 0.25) is 5.91 Å². The molecule has 5 rings (SSSR count). The summed E-state index contributed by atoms with van der Waals surface area (Å²) in [4.78, 5) is 30.1. The maximum Gasteiger partial charge on any atom is 0.258 e. The van der Waals surface area contributed by atoms with Crippen LogP contribution in [0.4, 0.5) is 11.4 Å². The Morgan fingerprint density at radius 2 is 1.74 bits per heavy atom. The highest BCUT2D eigenvalue weighted by Crippen LogP contribution is 2.43. The molecule has 0 spiro atoms. The van der Waals surface area contributed by atoms with Gasteiger partial charge in [-0.15, -0.1) is 0 Å². The molecule has 2 amide bonds. The Morgan fingerprint density at radius 3 is 2.40 bits per heavy atom. The van der Waals surface area contributed by atoms with Crippen LogP contribution in [-0.4, -0.2) is 37.2 Å². The number of nitrogens with zero attached hydrogens (tertiary/aromatic N) is 2. The van der Waals surface area contributed by atoms with Gasteiger partial charge in [-0.3, -0.25) is 9.59 Å². The van der Waals surface area contributed by atoms with E-state index in [-0.39, 0.29) is 30.0 Å². The van der Waals surface area contributed by atoms with Crippen LogP contribution >= 0.6 is 11.6 Å². The number of epoxide rings is 1. The van der Waals surface area contributed by atoms with Gasteiger partial charge in [0, 0.05) is 34.9 Å². The van der Waals surface area contributed by atoms with Crippen molar-refractivity contribution in [3.8, 4) is 5.75 Å². The molecule has 0 aromatic heterocycles. The molecule has 3 aromatic carbocycles. The maximum atomic E-state index is 13.6. The predicted molar refractivity (Wildman–Crippen MR) is 136 cm³/mol. The normalized spacial score (nSPS) is 20.7. The van der Waals surface area contributed by atoms with Gasteiger partial charge in [0.1, 0.15) is 18.5 Å². The van der Waals surface area contributed by atoms with Crippen molar-refractivity contribution in [1.82, 2.24) is 0 Å². The first-order chi connectivity index (χ1) is 16.9. The smallest absolute Gasteiger partial charge is 0.258 e. The van der Waals surface area contributed by atoms with Crippen molar-refractivity contribution in [3.05, 3.63) is 88.9 Å². The molecule has 0 bridgehead atoms. The number of hydrogen-bond donors (Lipinski definition) is 0. The molecule has 1 saturated heterocycles. The third kappa shape index (κ3) is 4.90. The van der Waals surface area contributed by atoms with Gasteiger partial charge in [0.05, 0.1) is 12.6 Å². The number of carbonyl (C=O) groups is 2. The van der Waals surface area contributed by atoms with Gasteiger partial charge < -0.3 is 19.3 Å². The number of amides is 2. The zero-order valence-corrected chi connectivity index (χ0v) is 20.4. The SMILES string of the molecule is CC(=O)N(c1ccc(Cl)cc1)[C@@H]1C[C@H](C)N(C(=O)c2ccc(OCC3CO3)cc2)c2ccccc21. The fourth-order valence-corrected chi connectivity index (χ4v) is 4.83. The fourth-order valence-electron chi connectivity index (χ4n) is 4.70. The van der Waals surface area contributed by atoms with Crippen LogP contribution in [-0.2, 0) is 9.53 Å². The summed E-state index contributed by atoms with van der Waals surface area (Å²) in [5.41, 5.74) is 3.11. The molecule has 1 fully saturated rings. The summed E-state index contributed by atoms with van der Waals surface area (Å²) >= 11 is 6.08. The van der Waals surface area contributed by atoms with Gasteiger partial charge in [-0.05, 0) is 73.5 Å². The molecule has 3 atom stereocenters.